The lowest BCUT2D eigenvalue weighted by molar-refractivity contribution is -0.140. The smallest absolute Gasteiger partial charge is 0.323 e. The Hall–Kier alpha value is -3.54. The van der Waals surface area contributed by atoms with Gasteiger partial charge in [0, 0.05) is 52.6 Å². The van der Waals surface area contributed by atoms with Crippen molar-refractivity contribution in [1.29, 1.82) is 0 Å². The molecule has 2 aromatic carbocycles. The van der Waals surface area contributed by atoms with Crippen LogP contribution in [0.25, 0.3) is 36.0 Å². The molecule has 3 fully saturated rings. The van der Waals surface area contributed by atoms with E-state index in [0.717, 1.165) is 38.3 Å². The van der Waals surface area contributed by atoms with Gasteiger partial charge in [0.15, 0.2) is 0 Å². The summed E-state index contributed by atoms with van der Waals surface area (Å²) in [5.74, 6) is 0.779. The third-order valence-corrected chi connectivity index (χ3v) is 14.9. The number of rotatable bonds is 7. The molecule has 2 bridgehead atoms. The molecule has 2 aliphatic carbocycles. The number of carbonyl (C=O) groups is 2. The molecule has 47 heavy (non-hydrogen) atoms. The van der Waals surface area contributed by atoms with Crippen molar-refractivity contribution in [2.24, 2.45) is 11.8 Å². The Balaban J connectivity index is 0.960. The molecule has 3 aromatic heterocycles. The number of fused-ring (bicyclic) bond motifs is 7. The summed E-state index contributed by atoms with van der Waals surface area (Å²) < 4.78 is 0.280. The van der Waals surface area contributed by atoms with Gasteiger partial charge in [-0.3, -0.25) is 14.5 Å². The number of thioether (sulfide) groups is 1. The Kier molecular flexibility index (Phi) is 7.28. The van der Waals surface area contributed by atoms with Gasteiger partial charge in [0.2, 0.25) is 0 Å². The summed E-state index contributed by atoms with van der Waals surface area (Å²) in [5.41, 5.74) is 5.56. The molecule has 1 saturated heterocycles. The number of hydrogen-bond acceptors (Lipinski definition) is 8. The number of carboxylic acid groups (broad SMARTS) is 1. The predicted molar refractivity (Wildman–Crippen MR) is 200 cm³/mol. The van der Waals surface area contributed by atoms with E-state index in [1.54, 1.807) is 22.7 Å². The highest BCUT2D eigenvalue weighted by Gasteiger charge is 2.55. The zero-order chi connectivity index (χ0) is 31.8. The van der Waals surface area contributed by atoms with Crippen LogP contribution in [-0.2, 0) is 9.59 Å². The number of thiocarbonyl (C=S) groups is 1. The highest BCUT2D eigenvalue weighted by Crippen LogP contribution is 2.62. The van der Waals surface area contributed by atoms with Gasteiger partial charge in [0.25, 0.3) is 5.91 Å². The van der Waals surface area contributed by atoms with Crippen molar-refractivity contribution in [3.8, 4) is 29.9 Å². The number of para-hydroxylation sites is 1. The van der Waals surface area contributed by atoms with Crippen molar-refractivity contribution in [3.63, 3.8) is 0 Å². The molecule has 4 unspecified atom stereocenters. The van der Waals surface area contributed by atoms with Crippen LogP contribution in [0.1, 0.15) is 35.6 Å². The summed E-state index contributed by atoms with van der Waals surface area (Å²) in [5, 5.41) is 9.10. The maximum absolute atomic E-state index is 12.7. The molecule has 5 heterocycles. The van der Waals surface area contributed by atoms with Crippen LogP contribution in [0.4, 0.5) is 11.4 Å². The van der Waals surface area contributed by atoms with Gasteiger partial charge in [-0.25, -0.2) is 0 Å². The molecule has 1 amide bonds. The number of hydrogen-bond donors (Lipinski definition) is 1. The van der Waals surface area contributed by atoms with Crippen LogP contribution in [0.2, 0.25) is 0 Å². The molecule has 9 rings (SSSR count). The summed E-state index contributed by atoms with van der Waals surface area (Å²) >= 11 is 11.6. The van der Waals surface area contributed by atoms with Crippen molar-refractivity contribution in [1.82, 2.24) is 4.90 Å². The molecule has 2 saturated carbocycles. The summed E-state index contributed by atoms with van der Waals surface area (Å²) in [6.45, 7) is -0.415. The molecule has 5 aromatic rings. The first-order valence-corrected chi connectivity index (χ1v) is 19.3. The zero-order valence-electron chi connectivity index (χ0n) is 25.0. The van der Waals surface area contributed by atoms with Crippen molar-refractivity contribution < 1.29 is 14.7 Å². The monoisotopic (exact) mass is 708 g/mol. The Morgan fingerprint density at radius 1 is 0.851 bits per heavy atom. The second-order valence-electron chi connectivity index (χ2n) is 12.5. The van der Waals surface area contributed by atoms with Crippen LogP contribution in [0.3, 0.4) is 0 Å². The topological polar surface area (TPSA) is 60.9 Å². The molecule has 4 atom stereocenters. The van der Waals surface area contributed by atoms with Crippen LogP contribution in [0, 0.1) is 11.8 Å². The molecule has 0 spiro atoms. The van der Waals surface area contributed by atoms with Gasteiger partial charge in [-0.2, -0.15) is 0 Å². The third kappa shape index (κ3) is 5.04. The highest BCUT2D eigenvalue weighted by atomic mass is 32.2. The fourth-order valence-corrected chi connectivity index (χ4v) is 12.5. The van der Waals surface area contributed by atoms with Crippen LogP contribution in [0.15, 0.2) is 89.8 Å². The van der Waals surface area contributed by atoms with Crippen molar-refractivity contribution in [3.05, 3.63) is 100 Å². The number of carboxylic acids is 1. The molecule has 4 aliphatic rings. The predicted octanol–water partition coefficient (Wildman–Crippen LogP) is 10.2. The lowest BCUT2D eigenvalue weighted by Crippen LogP contribution is -2.35. The minimum absolute atomic E-state index is 0.280. The average molecular weight is 709 g/mol. The van der Waals surface area contributed by atoms with Gasteiger partial charge in [0.05, 0.1) is 4.91 Å². The summed E-state index contributed by atoms with van der Waals surface area (Å²) in [6, 6.07) is 31.7. The number of thiophene rings is 3. The van der Waals surface area contributed by atoms with E-state index in [0.29, 0.717) is 16.9 Å². The number of benzene rings is 2. The first kappa shape index (κ1) is 29.6. The first-order valence-electron chi connectivity index (χ1n) is 15.7. The van der Waals surface area contributed by atoms with E-state index in [9.17, 15) is 9.59 Å². The fraction of sp³-hybridized carbons (Fsp3) is 0.216. The van der Waals surface area contributed by atoms with E-state index >= 15 is 0 Å². The highest BCUT2D eigenvalue weighted by molar-refractivity contribution is 8.26. The zero-order valence-corrected chi connectivity index (χ0v) is 29.1. The summed E-state index contributed by atoms with van der Waals surface area (Å²) in [4.78, 5) is 35.1. The number of carbonyl (C=O) groups excluding carboxylic acids is 1. The Bertz CT molecular complexity index is 2110. The van der Waals surface area contributed by atoms with Crippen molar-refractivity contribution in [2.75, 3.05) is 11.4 Å². The maximum Gasteiger partial charge on any atom is 0.323 e. The van der Waals surface area contributed by atoms with Gasteiger partial charge in [-0.1, -0.05) is 48.2 Å². The molecule has 1 N–H and O–H groups in total. The normalized spacial score (nSPS) is 23.7. The van der Waals surface area contributed by atoms with Crippen LogP contribution < -0.4 is 4.90 Å². The average Bonchev–Trinajstić information content (AvgIpc) is 3.92. The quantitative estimate of drug-likeness (QED) is 0.134. The summed E-state index contributed by atoms with van der Waals surface area (Å²) in [7, 11) is 0. The van der Waals surface area contributed by atoms with E-state index in [4.69, 9.17) is 17.3 Å². The SMILES string of the molecule is O=C(O)CN1C(=O)/C(=C/c2ccc(-c3ccc(-c4ccc(-c5ccc6c(c5)C5C7CCC(C7)C5N6c5ccccc5)s4)s3)s2)SC1=S. The number of aliphatic carboxylic acids is 1. The Morgan fingerprint density at radius 3 is 2.30 bits per heavy atom. The van der Waals surface area contributed by atoms with E-state index in [-0.39, 0.29) is 10.2 Å². The van der Waals surface area contributed by atoms with Gasteiger partial charge >= 0.3 is 5.97 Å². The van der Waals surface area contributed by atoms with Crippen LogP contribution in [-0.4, -0.2) is 38.8 Å². The molecule has 10 heteroatoms. The van der Waals surface area contributed by atoms with E-state index in [1.165, 1.54) is 61.3 Å². The lowest BCUT2D eigenvalue weighted by atomic mass is 9.82. The second kappa shape index (κ2) is 11.6. The third-order valence-electron chi connectivity index (χ3n) is 9.90. The Morgan fingerprint density at radius 2 is 1.53 bits per heavy atom. The molecular formula is C37H28N2O3S5. The number of amides is 1. The first-order chi connectivity index (χ1) is 22.9. The second-order valence-corrected chi connectivity index (χ2v) is 17.5. The lowest BCUT2D eigenvalue weighted by Gasteiger charge is -2.33. The fourth-order valence-electron chi connectivity index (χ4n) is 8.02. The summed E-state index contributed by atoms with van der Waals surface area (Å²) in [6.07, 6.45) is 5.90. The van der Waals surface area contributed by atoms with Crippen molar-refractivity contribution >= 4 is 91.6 Å². The van der Waals surface area contributed by atoms with Gasteiger partial charge < -0.3 is 10.0 Å². The van der Waals surface area contributed by atoms with Crippen molar-refractivity contribution in [2.45, 2.75) is 31.2 Å². The molecule has 5 nitrogen and oxygen atoms in total. The van der Waals surface area contributed by atoms with Gasteiger partial charge in [-0.05, 0) is 109 Å². The molecule has 234 valence electrons. The minimum Gasteiger partial charge on any atom is -0.480 e. The number of nitrogens with zero attached hydrogens (tertiary/aromatic N) is 2. The van der Waals surface area contributed by atoms with E-state index < -0.39 is 12.5 Å². The van der Waals surface area contributed by atoms with Gasteiger partial charge in [-0.15, -0.1) is 34.0 Å². The minimum atomic E-state index is -1.08. The van der Waals surface area contributed by atoms with Crippen LogP contribution >= 0.6 is 58.0 Å². The van der Waals surface area contributed by atoms with Gasteiger partial charge in [0.1, 0.15) is 10.9 Å². The van der Waals surface area contributed by atoms with Crippen LogP contribution in [0.5, 0.6) is 0 Å². The maximum atomic E-state index is 12.7. The van der Waals surface area contributed by atoms with E-state index in [1.807, 2.05) is 23.5 Å². The number of anilines is 2. The largest absolute Gasteiger partial charge is 0.480 e. The molecule has 2 aliphatic heterocycles. The Labute approximate surface area is 294 Å². The van der Waals surface area contributed by atoms with E-state index in [2.05, 4.69) is 83.8 Å². The molecular weight excluding hydrogens is 681 g/mol. The molecule has 0 radical (unpaired) electrons. The standard InChI is InChI=1S/C37H28N2O3S5/c40-33(41)19-38-36(42)32(47-37(38)43)18-24-9-11-28(44-24)29-14-15-31(46-29)30-13-12-27(45-30)20-8-10-26-25(17-20)34-21-6-7-22(16-21)35(34)39(26)23-4-2-1-3-5-23/h1-5,8-15,17-18,21-22,34-35H,6-7,16,19H2,(H,40,41)/b32-18-.